The maximum atomic E-state index is 11.9. The minimum Gasteiger partial charge on any atom is -0.460 e. The molecule has 0 fully saturated rings. The van der Waals surface area contributed by atoms with E-state index in [1.165, 1.54) is 5.56 Å². The SMILES string of the molecule is Cc1cc(C(=O)OCCOCCOCCO)cc(C)c1C. The second kappa shape index (κ2) is 9.50. The molecule has 0 radical (unpaired) electrons. The molecule has 21 heavy (non-hydrogen) atoms. The van der Waals surface area contributed by atoms with Crippen LogP contribution in [0.25, 0.3) is 0 Å². The molecule has 118 valence electrons. The first-order valence-electron chi connectivity index (χ1n) is 7.07. The number of carbonyl (C=O) groups excluding carboxylic acids is 1. The van der Waals surface area contributed by atoms with Gasteiger partial charge in [-0.15, -0.1) is 0 Å². The predicted octanol–water partition coefficient (Wildman–Crippen LogP) is 1.79. The van der Waals surface area contributed by atoms with Crippen molar-refractivity contribution in [3.8, 4) is 0 Å². The molecule has 5 heteroatoms. The number of hydrogen-bond acceptors (Lipinski definition) is 5. The Morgan fingerprint density at radius 1 is 0.952 bits per heavy atom. The molecule has 0 atom stereocenters. The van der Waals surface area contributed by atoms with E-state index in [1.54, 1.807) is 0 Å². The van der Waals surface area contributed by atoms with Crippen molar-refractivity contribution in [1.82, 2.24) is 0 Å². The molecule has 5 nitrogen and oxygen atoms in total. The minimum atomic E-state index is -0.332. The summed E-state index contributed by atoms with van der Waals surface area (Å²) in [6, 6.07) is 3.68. The van der Waals surface area contributed by atoms with E-state index in [0.717, 1.165) is 11.1 Å². The first kappa shape index (κ1) is 17.6. The molecule has 0 aliphatic heterocycles. The molecule has 0 aromatic heterocycles. The Hall–Kier alpha value is -1.43. The normalized spacial score (nSPS) is 10.7. The van der Waals surface area contributed by atoms with Gasteiger partial charge >= 0.3 is 5.97 Å². The first-order chi connectivity index (χ1) is 10.1. The van der Waals surface area contributed by atoms with Crippen LogP contribution in [-0.2, 0) is 14.2 Å². The third-order valence-electron chi connectivity index (χ3n) is 3.23. The molecule has 1 rings (SSSR count). The van der Waals surface area contributed by atoms with Crippen LogP contribution in [0.2, 0.25) is 0 Å². The Kier molecular flexibility index (Phi) is 7.97. The summed E-state index contributed by atoms with van der Waals surface area (Å²) in [4.78, 5) is 11.9. The van der Waals surface area contributed by atoms with Crippen LogP contribution in [-0.4, -0.2) is 50.7 Å². The molecule has 1 aromatic carbocycles. The van der Waals surface area contributed by atoms with Gasteiger partial charge in [0.15, 0.2) is 0 Å². The zero-order valence-electron chi connectivity index (χ0n) is 13.0. The van der Waals surface area contributed by atoms with Gasteiger partial charge < -0.3 is 19.3 Å². The molecule has 1 N–H and O–H groups in total. The van der Waals surface area contributed by atoms with Crippen molar-refractivity contribution in [2.24, 2.45) is 0 Å². The van der Waals surface area contributed by atoms with E-state index in [-0.39, 0.29) is 19.2 Å². The number of benzene rings is 1. The lowest BCUT2D eigenvalue weighted by molar-refractivity contribution is 0.00919. The Morgan fingerprint density at radius 2 is 1.48 bits per heavy atom. The maximum absolute atomic E-state index is 11.9. The van der Waals surface area contributed by atoms with Crippen LogP contribution < -0.4 is 0 Å². The lowest BCUT2D eigenvalue weighted by Gasteiger charge is -2.09. The zero-order valence-corrected chi connectivity index (χ0v) is 13.0. The summed E-state index contributed by atoms with van der Waals surface area (Å²) in [5.74, 6) is -0.332. The molecule has 0 bridgehead atoms. The maximum Gasteiger partial charge on any atom is 0.338 e. The van der Waals surface area contributed by atoms with Gasteiger partial charge in [0.2, 0.25) is 0 Å². The highest BCUT2D eigenvalue weighted by molar-refractivity contribution is 5.90. The topological polar surface area (TPSA) is 65.0 Å². The van der Waals surface area contributed by atoms with Crippen LogP contribution >= 0.6 is 0 Å². The Bertz CT molecular complexity index is 433. The van der Waals surface area contributed by atoms with E-state index >= 15 is 0 Å². The van der Waals surface area contributed by atoms with E-state index in [0.29, 0.717) is 32.0 Å². The third kappa shape index (κ3) is 6.25. The zero-order chi connectivity index (χ0) is 15.7. The van der Waals surface area contributed by atoms with E-state index in [9.17, 15) is 4.79 Å². The second-order valence-electron chi connectivity index (χ2n) is 4.82. The van der Waals surface area contributed by atoms with Gasteiger partial charge in [0, 0.05) is 0 Å². The lowest BCUT2D eigenvalue weighted by Crippen LogP contribution is -2.14. The van der Waals surface area contributed by atoms with Crippen molar-refractivity contribution in [2.75, 3.05) is 39.6 Å². The largest absolute Gasteiger partial charge is 0.460 e. The van der Waals surface area contributed by atoms with E-state index in [4.69, 9.17) is 19.3 Å². The van der Waals surface area contributed by atoms with Crippen LogP contribution in [0.4, 0.5) is 0 Å². The van der Waals surface area contributed by atoms with E-state index in [1.807, 2.05) is 32.9 Å². The van der Waals surface area contributed by atoms with Gasteiger partial charge in [0.05, 0.1) is 38.6 Å². The van der Waals surface area contributed by atoms with Crippen LogP contribution in [0, 0.1) is 20.8 Å². The number of aryl methyl sites for hydroxylation is 2. The number of ether oxygens (including phenoxy) is 3. The highest BCUT2D eigenvalue weighted by Gasteiger charge is 2.10. The highest BCUT2D eigenvalue weighted by Crippen LogP contribution is 2.16. The fourth-order valence-corrected chi connectivity index (χ4v) is 1.82. The van der Waals surface area contributed by atoms with Gasteiger partial charge in [-0.25, -0.2) is 4.79 Å². The van der Waals surface area contributed by atoms with Gasteiger partial charge in [0.25, 0.3) is 0 Å². The highest BCUT2D eigenvalue weighted by atomic mass is 16.6. The number of aliphatic hydroxyl groups excluding tert-OH is 1. The van der Waals surface area contributed by atoms with Crippen LogP contribution in [0.3, 0.4) is 0 Å². The molecule has 1 aromatic rings. The van der Waals surface area contributed by atoms with E-state index < -0.39 is 0 Å². The van der Waals surface area contributed by atoms with Crippen molar-refractivity contribution < 1.29 is 24.1 Å². The van der Waals surface area contributed by atoms with Crippen LogP contribution in [0.15, 0.2) is 12.1 Å². The van der Waals surface area contributed by atoms with Gasteiger partial charge in [-0.05, 0) is 49.6 Å². The van der Waals surface area contributed by atoms with Crippen molar-refractivity contribution >= 4 is 5.97 Å². The van der Waals surface area contributed by atoms with Crippen molar-refractivity contribution in [1.29, 1.82) is 0 Å². The average Bonchev–Trinajstić information content (AvgIpc) is 2.46. The monoisotopic (exact) mass is 296 g/mol. The summed E-state index contributed by atoms with van der Waals surface area (Å²) in [5, 5.41) is 8.51. The fraction of sp³-hybridized carbons (Fsp3) is 0.562. The molecule has 0 unspecified atom stereocenters. The Labute approximate surface area is 125 Å². The molecule has 0 saturated carbocycles. The predicted molar refractivity (Wildman–Crippen MR) is 79.7 cm³/mol. The standard InChI is InChI=1S/C16H24O5/c1-12-10-15(11-13(2)14(12)3)16(18)21-9-8-20-7-6-19-5-4-17/h10-11,17H,4-9H2,1-3H3. The number of rotatable bonds is 9. The van der Waals surface area contributed by atoms with E-state index in [2.05, 4.69) is 0 Å². The summed E-state index contributed by atoms with van der Waals surface area (Å²) in [6.45, 7) is 7.70. The number of esters is 1. The summed E-state index contributed by atoms with van der Waals surface area (Å²) < 4.78 is 15.4. The molecule has 0 aliphatic carbocycles. The average molecular weight is 296 g/mol. The van der Waals surface area contributed by atoms with Crippen LogP contribution in [0.1, 0.15) is 27.0 Å². The fourth-order valence-electron chi connectivity index (χ4n) is 1.82. The smallest absolute Gasteiger partial charge is 0.338 e. The van der Waals surface area contributed by atoms with Crippen LogP contribution in [0.5, 0.6) is 0 Å². The number of aliphatic hydroxyl groups is 1. The number of hydrogen-bond donors (Lipinski definition) is 1. The molecule has 0 saturated heterocycles. The minimum absolute atomic E-state index is 0.00694. The Morgan fingerprint density at radius 3 is 2.05 bits per heavy atom. The summed E-state index contributed by atoms with van der Waals surface area (Å²) >= 11 is 0. The van der Waals surface area contributed by atoms with Crippen molar-refractivity contribution in [3.05, 3.63) is 34.4 Å². The molecule has 0 aliphatic rings. The molecule has 0 amide bonds. The Balaban J connectivity index is 2.25. The van der Waals surface area contributed by atoms with Gasteiger partial charge in [0.1, 0.15) is 6.61 Å². The molecular weight excluding hydrogens is 272 g/mol. The third-order valence-corrected chi connectivity index (χ3v) is 3.23. The van der Waals surface area contributed by atoms with Gasteiger partial charge in [-0.1, -0.05) is 0 Å². The summed E-state index contributed by atoms with van der Waals surface area (Å²) in [5.41, 5.74) is 3.93. The quantitative estimate of drug-likeness (QED) is 0.556. The summed E-state index contributed by atoms with van der Waals surface area (Å²) in [7, 11) is 0. The molecule has 0 heterocycles. The van der Waals surface area contributed by atoms with Crippen molar-refractivity contribution in [2.45, 2.75) is 20.8 Å². The van der Waals surface area contributed by atoms with Gasteiger partial charge in [-0.3, -0.25) is 0 Å². The summed E-state index contributed by atoms with van der Waals surface area (Å²) in [6.07, 6.45) is 0. The molecular formula is C16H24O5. The second-order valence-corrected chi connectivity index (χ2v) is 4.82. The molecule has 0 spiro atoms. The van der Waals surface area contributed by atoms with Gasteiger partial charge in [-0.2, -0.15) is 0 Å². The van der Waals surface area contributed by atoms with Crippen molar-refractivity contribution in [3.63, 3.8) is 0 Å². The number of carbonyl (C=O) groups is 1. The lowest BCUT2D eigenvalue weighted by atomic mass is 10.0. The first-order valence-corrected chi connectivity index (χ1v) is 7.07.